The average Bonchev–Trinajstić information content (AvgIpc) is 3.24. The van der Waals surface area contributed by atoms with E-state index in [1.54, 1.807) is 12.1 Å². The predicted molar refractivity (Wildman–Crippen MR) is 138 cm³/mol. The van der Waals surface area contributed by atoms with Crippen molar-refractivity contribution in [2.45, 2.75) is 32.1 Å². The molecule has 178 valence electrons. The molecular formula is C26H30BrN5OS. The molecule has 0 spiro atoms. The molecule has 0 aliphatic carbocycles. The summed E-state index contributed by atoms with van der Waals surface area (Å²) in [6, 6.07) is 16.1. The van der Waals surface area contributed by atoms with Crippen molar-refractivity contribution in [2.75, 3.05) is 45.9 Å². The van der Waals surface area contributed by atoms with Crippen molar-refractivity contribution < 1.29 is 4.74 Å². The Kier molecular flexibility index (Phi) is 9.51. The predicted octanol–water partition coefficient (Wildman–Crippen LogP) is 5.15. The summed E-state index contributed by atoms with van der Waals surface area (Å²) in [5.41, 5.74) is 0.976. The number of ether oxygens (including phenoxy) is 1. The van der Waals surface area contributed by atoms with Crippen LogP contribution in [0.15, 0.2) is 34.1 Å². The van der Waals surface area contributed by atoms with Crippen molar-refractivity contribution in [3.05, 3.63) is 50.1 Å². The van der Waals surface area contributed by atoms with Gasteiger partial charge in [0.15, 0.2) is 0 Å². The minimum Gasteiger partial charge on any atom is -0.492 e. The highest BCUT2D eigenvalue weighted by atomic mass is 79.9. The van der Waals surface area contributed by atoms with Gasteiger partial charge in [-0.3, -0.25) is 4.90 Å². The van der Waals surface area contributed by atoms with Gasteiger partial charge < -0.3 is 9.64 Å². The van der Waals surface area contributed by atoms with E-state index < -0.39 is 5.41 Å². The van der Waals surface area contributed by atoms with Crippen LogP contribution in [0, 0.1) is 39.9 Å². The van der Waals surface area contributed by atoms with Crippen molar-refractivity contribution in [1.29, 1.82) is 15.8 Å². The molecule has 0 bridgehead atoms. The lowest BCUT2D eigenvalue weighted by atomic mass is 9.70. The third-order valence-electron chi connectivity index (χ3n) is 6.61. The van der Waals surface area contributed by atoms with Gasteiger partial charge in [0.05, 0.1) is 26.9 Å². The van der Waals surface area contributed by atoms with Crippen molar-refractivity contribution in [3.8, 4) is 24.0 Å². The molecule has 6 nitrogen and oxygen atoms in total. The van der Waals surface area contributed by atoms with E-state index in [0.29, 0.717) is 17.0 Å². The zero-order chi connectivity index (χ0) is 24.6. The first-order chi connectivity index (χ1) is 16.4. The third kappa shape index (κ3) is 6.38. The van der Waals surface area contributed by atoms with Crippen LogP contribution in [0.4, 0.5) is 0 Å². The van der Waals surface area contributed by atoms with Gasteiger partial charge in [0.2, 0.25) is 0 Å². The Morgan fingerprint density at radius 3 is 2.35 bits per heavy atom. The van der Waals surface area contributed by atoms with E-state index in [1.807, 2.05) is 18.2 Å². The highest BCUT2D eigenvalue weighted by Gasteiger charge is 2.38. The lowest BCUT2D eigenvalue weighted by Crippen LogP contribution is -2.47. The second-order valence-electron chi connectivity index (χ2n) is 8.92. The second-order valence-corrected chi connectivity index (χ2v) is 11.3. The van der Waals surface area contributed by atoms with Crippen LogP contribution in [0.25, 0.3) is 0 Å². The number of benzene rings is 1. The average molecular weight is 541 g/mol. The normalized spacial score (nSPS) is 16.4. The number of rotatable bonds is 10. The maximum atomic E-state index is 10.2. The summed E-state index contributed by atoms with van der Waals surface area (Å²) in [5.74, 6) is 0.892. The maximum absolute atomic E-state index is 10.2. The second kappa shape index (κ2) is 12.3. The van der Waals surface area contributed by atoms with Crippen LogP contribution in [-0.4, -0.2) is 55.7 Å². The largest absolute Gasteiger partial charge is 0.492 e. The maximum Gasteiger partial charge on any atom is 0.120 e. The number of piperazine rings is 1. The molecule has 2 heterocycles. The number of thiophene rings is 1. The van der Waals surface area contributed by atoms with E-state index in [-0.39, 0.29) is 5.92 Å². The smallest absolute Gasteiger partial charge is 0.120 e. The SMILES string of the molecule is CC(C)C(C#N)(CCCN1CCN(CCOc2cccc(C#N)c2)CC1)c1cc(C#N)sc1Br. The first kappa shape index (κ1) is 26.2. The Bertz CT molecular complexity index is 1090. The summed E-state index contributed by atoms with van der Waals surface area (Å²) < 4.78 is 6.71. The van der Waals surface area contributed by atoms with Crippen LogP contribution >= 0.6 is 27.3 Å². The fourth-order valence-electron chi connectivity index (χ4n) is 4.47. The van der Waals surface area contributed by atoms with E-state index in [9.17, 15) is 10.5 Å². The van der Waals surface area contributed by atoms with Gasteiger partial charge in [0, 0.05) is 32.7 Å². The van der Waals surface area contributed by atoms with Gasteiger partial charge in [0.25, 0.3) is 0 Å². The molecule has 8 heteroatoms. The molecule has 1 aromatic heterocycles. The molecule has 0 radical (unpaired) electrons. The van der Waals surface area contributed by atoms with Gasteiger partial charge in [-0.15, -0.1) is 11.3 Å². The molecule has 0 saturated carbocycles. The topological polar surface area (TPSA) is 87.1 Å². The molecular weight excluding hydrogens is 510 g/mol. The zero-order valence-corrected chi connectivity index (χ0v) is 22.2. The van der Waals surface area contributed by atoms with Gasteiger partial charge in [-0.05, 0) is 71.1 Å². The van der Waals surface area contributed by atoms with E-state index in [1.165, 1.54) is 11.3 Å². The number of nitrogens with zero attached hydrogens (tertiary/aromatic N) is 5. The van der Waals surface area contributed by atoms with E-state index in [4.69, 9.17) is 10.00 Å². The molecule has 1 fully saturated rings. The Labute approximate surface area is 215 Å². The number of halogens is 1. The third-order valence-corrected chi connectivity index (χ3v) is 8.35. The van der Waals surface area contributed by atoms with Crippen LogP contribution in [0.2, 0.25) is 0 Å². The molecule has 34 heavy (non-hydrogen) atoms. The van der Waals surface area contributed by atoms with Gasteiger partial charge in [-0.25, -0.2) is 0 Å². The Morgan fingerprint density at radius 2 is 1.76 bits per heavy atom. The molecule has 0 amide bonds. The highest BCUT2D eigenvalue weighted by Crippen LogP contribution is 2.43. The lowest BCUT2D eigenvalue weighted by molar-refractivity contribution is 0.114. The van der Waals surface area contributed by atoms with Crippen molar-refractivity contribution in [2.24, 2.45) is 5.92 Å². The van der Waals surface area contributed by atoms with Gasteiger partial charge in [-0.2, -0.15) is 15.8 Å². The quantitative estimate of drug-likeness (QED) is 0.415. The van der Waals surface area contributed by atoms with E-state index >= 15 is 0 Å². The van der Waals surface area contributed by atoms with Crippen molar-refractivity contribution in [1.82, 2.24) is 9.80 Å². The highest BCUT2D eigenvalue weighted by molar-refractivity contribution is 9.11. The fraction of sp³-hybridized carbons (Fsp3) is 0.500. The summed E-state index contributed by atoms with van der Waals surface area (Å²) in [7, 11) is 0. The van der Waals surface area contributed by atoms with Gasteiger partial charge in [-0.1, -0.05) is 19.9 Å². The van der Waals surface area contributed by atoms with Crippen LogP contribution in [0.3, 0.4) is 0 Å². The number of nitriles is 3. The Hall–Kier alpha value is -2.41. The summed E-state index contributed by atoms with van der Waals surface area (Å²) in [6.07, 6.45) is 1.71. The Balaban J connectivity index is 1.45. The molecule has 3 rings (SSSR count). The van der Waals surface area contributed by atoms with Gasteiger partial charge >= 0.3 is 0 Å². The molecule has 1 aliphatic rings. The van der Waals surface area contributed by atoms with Crippen LogP contribution in [-0.2, 0) is 5.41 Å². The minimum atomic E-state index is -0.591. The Morgan fingerprint density at radius 1 is 1.06 bits per heavy atom. The van der Waals surface area contributed by atoms with E-state index in [2.05, 4.69) is 57.8 Å². The summed E-state index contributed by atoms with van der Waals surface area (Å²) in [4.78, 5) is 5.52. The fourth-order valence-corrected chi connectivity index (χ4v) is 6.23. The van der Waals surface area contributed by atoms with Crippen molar-refractivity contribution >= 4 is 27.3 Å². The number of hydrogen-bond donors (Lipinski definition) is 0. The molecule has 0 N–H and O–H groups in total. The van der Waals surface area contributed by atoms with Crippen LogP contribution in [0.5, 0.6) is 5.75 Å². The molecule has 1 atom stereocenters. The first-order valence-corrected chi connectivity index (χ1v) is 13.2. The summed E-state index contributed by atoms with van der Waals surface area (Å²) in [6.45, 7) is 10.6. The first-order valence-electron chi connectivity index (χ1n) is 11.6. The van der Waals surface area contributed by atoms with Crippen LogP contribution in [0.1, 0.15) is 42.7 Å². The monoisotopic (exact) mass is 539 g/mol. The van der Waals surface area contributed by atoms with Crippen LogP contribution < -0.4 is 4.74 Å². The van der Waals surface area contributed by atoms with Crippen molar-refractivity contribution in [3.63, 3.8) is 0 Å². The molecule has 1 saturated heterocycles. The molecule has 1 unspecified atom stereocenters. The van der Waals surface area contributed by atoms with E-state index in [0.717, 1.165) is 67.2 Å². The lowest BCUT2D eigenvalue weighted by Gasteiger charge is -2.36. The minimum absolute atomic E-state index is 0.153. The summed E-state index contributed by atoms with van der Waals surface area (Å²) >= 11 is 5.00. The molecule has 1 aliphatic heterocycles. The summed E-state index contributed by atoms with van der Waals surface area (Å²) in [5, 5.41) is 28.5. The standard InChI is InChI=1S/C26H30BrN5OS/c1-20(2)26(19-30,24-16-23(18-29)34-25(24)27)7-4-8-31-9-11-32(12-10-31)13-14-33-22-6-3-5-21(15-22)17-28/h3,5-6,15-16,20H,4,7-14H2,1-2H3. The number of hydrogen-bond acceptors (Lipinski definition) is 7. The van der Waals surface area contributed by atoms with Gasteiger partial charge in [0.1, 0.15) is 23.3 Å². The zero-order valence-electron chi connectivity index (χ0n) is 19.8. The molecule has 2 aromatic rings. The molecule has 1 aromatic carbocycles.